The van der Waals surface area contributed by atoms with Gasteiger partial charge in [-0.25, -0.2) is 15.0 Å². The number of hydrogen-bond donors (Lipinski definition) is 2. The van der Waals surface area contributed by atoms with Crippen molar-refractivity contribution in [2.75, 3.05) is 5.32 Å². The molecule has 3 aromatic rings. The Morgan fingerprint density at radius 2 is 2.15 bits per heavy atom. The van der Waals surface area contributed by atoms with Crippen molar-refractivity contribution in [1.29, 1.82) is 0 Å². The molecule has 0 bridgehead atoms. The van der Waals surface area contributed by atoms with Gasteiger partial charge in [0, 0.05) is 11.1 Å². The van der Waals surface area contributed by atoms with Crippen LogP contribution in [0.2, 0.25) is 0 Å². The molecule has 6 nitrogen and oxygen atoms in total. The van der Waals surface area contributed by atoms with Gasteiger partial charge in [0.05, 0.1) is 6.20 Å². The van der Waals surface area contributed by atoms with Crippen molar-refractivity contribution in [3.8, 4) is 10.7 Å². The number of pyridine rings is 1. The van der Waals surface area contributed by atoms with Gasteiger partial charge >= 0.3 is 0 Å². The summed E-state index contributed by atoms with van der Waals surface area (Å²) in [5.41, 5.74) is 8.32. The van der Waals surface area contributed by atoms with Gasteiger partial charge in [0.2, 0.25) is 0 Å². The van der Waals surface area contributed by atoms with Gasteiger partial charge in [-0.3, -0.25) is 4.98 Å². The number of anilines is 1. The number of hydrogen-bond acceptors (Lipinski definition) is 6. The molecule has 3 aromatic heterocycles. The first-order valence-corrected chi connectivity index (χ1v) is 7.03. The van der Waals surface area contributed by atoms with Crippen molar-refractivity contribution in [1.82, 2.24) is 19.9 Å². The zero-order valence-corrected chi connectivity index (χ0v) is 12.1. The topological polar surface area (TPSA) is 89.6 Å². The largest absolute Gasteiger partial charge is 0.376 e. The first-order valence-electron chi connectivity index (χ1n) is 5.74. The molecule has 0 aliphatic rings. The average Bonchev–Trinajstić information content (AvgIpc) is 2.84. The summed E-state index contributed by atoms with van der Waals surface area (Å²) in [5, 5.41) is 5.74. The number of thiazole rings is 1. The Morgan fingerprint density at radius 1 is 1.30 bits per heavy atom. The van der Waals surface area contributed by atoms with Crippen LogP contribution in [0.5, 0.6) is 0 Å². The van der Waals surface area contributed by atoms with Crippen LogP contribution in [0, 0.1) is 6.92 Å². The molecular formula is C12H10N6S2. The molecular weight excluding hydrogens is 292 g/mol. The third-order valence-corrected chi connectivity index (χ3v) is 3.58. The highest BCUT2D eigenvalue weighted by Gasteiger charge is 2.08. The number of nitrogens with zero attached hydrogens (tertiary/aromatic N) is 4. The van der Waals surface area contributed by atoms with E-state index in [2.05, 4.69) is 25.3 Å². The van der Waals surface area contributed by atoms with Crippen LogP contribution in [0.1, 0.15) is 5.69 Å². The maximum absolute atomic E-state index is 5.43. The zero-order valence-electron chi connectivity index (χ0n) is 10.5. The van der Waals surface area contributed by atoms with Gasteiger partial charge in [-0.1, -0.05) is 0 Å². The number of aromatic nitrogens is 4. The van der Waals surface area contributed by atoms with E-state index in [-0.39, 0.29) is 5.11 Å². The fourth-order valence-corrected chi connectivity index (χ4v) is 2.52. The molecule has 0 saturated heterocycles. The van der Waals surface area contributed by atoms with Crippen molar-refractivity contribution in [2.24, 2.45) is 5.73 Å². The Morgan fingerprint density at radius 3 is 2.85 bits per heavy atom. The number of rotatable bonds is 2. The summed E-state index contributed by atoms with van der Waals surface area (Å²) in [4.78, 5) is 17.5. The molecule has 3 rings (SSSR count). The lowest BCUT2D eigenvalue weighted by Gasteiger charge is -2.04. The first kappa shape index (κ1) is 12.8. The molecule has 8 heteroatoms. The second-order valence-electron chi connectivity index (χ2n) is 4.08. The molecule has 0 radical (unpaired) electrons. The third kappa shape index (κ3) is 2.56. The normalized spacial score (nSPS) is 10.7. The summed E-state index contributed by atoms with van der Waals surface area (Å²) in [5.74, 6) is 0.548. The van der Waals surface area contributed by atoms with Crippen molar-refractivity contribution < 1.29 is 0 Å². The number of thiocarbonyl (C=S) groups is 1. The second kappa shape index (κ2) is 5.06. The Kier molecular flexibility index (Phi) is 3.25. The lowest BCUT2D eigenvalue weighted by atomic mass is 10.3. The molecule has 0 atom stereocenters. The van der Waals surface area contributed by atoms with Crippen LogP contribution in [0.15, 0.2) is 23.7 Å². The molecule has 100 valence electrons. The first-order chi connectivity index (χ1) is 9.61. The van der Waals surface area contributed by atoms with Crippen LogP contribution in [0.4, 0.5) is 5.82 Å². The fraction of sp³-hybridized carbons (Fsp3) is 0.0833. The summed E-state index contributed by atoms with van der Waals surface area (Å²) in [6.07, 6.45) is 1.70. The van der Waals surface area contributed by atoms with Crippen LogP contribution in [-0.2, 0) is 0 Å². The van der Waals surface area contributed by atoms with E-state index in [4.69, 9.17) is 18.0 Å². The monoisotopic (exact) mass is 302 g/mol. The van der Waals surface area contributed by atoms with Gasteiger partial charge in [-0.2, -0.15) is 0 Å². The third-order valence-electron chi connectivity index (χ3n) is 2.50. The molecule has 0 amide bonds. The van der Waals surface area contributed by atoms with E-state index in [9.17, 15) is 0 Å². The molecule has 0 saturated carbocycles. The van der Waals surface area contributed by atoms with Crippen LogP contribution < -0.4 is 11.1 Å². The number of aryl methyl sites for hydroxylation is 1. The Labute approximate surface area is 124 Å². The van der Waals surface area contributed by atoms with Gasteiger partial charge in [-0.15, -0.1) is 11.3 Å². The van der Waals surface area contributed by atoms with Crippen molar-refractivity contribution >= 4 is 45.6 Å². The van der Waals surface area contributed by atoms with Crippen LogP contribution >= 0.6 is 23.6 Å². The average molecular weight is 302 g/mol. The predicted octanol–water partition coefficient (Wildman–Crippen LogP) is 2.11. The zero-order chi connectivity index (χ0) is 14.1. The molecule has 0 spiro atoms. The highest BCUT2D eigenvalue weighted by Crippen LogP contribution is 2.22. The van der Waals surface area contributed by atoms with E-state index in [1.165, 1.54) is 11.3 Å². The van der Waals surface area contributed by atoms with Crippen LogP contribution in [0.3, 0.4) is 0 Å². The minimum Gasteiger partial charge on any atom is -0.376 e. The van der Waals surface area contributed by atoms with E-state index in [1.807, 2.05) is 18.4 Å². The highest BCUT2D eigenvalue weighted by molar-refractivity contribution is 7.80. The van der Waals surface area contributed by atoms with Gasteiger partial charge in [0.25, 0.3) is 0 Å². The summed E-state index contributed by atoms with van der Waals surface area (Å²) in [6.45, 7) is 1.94. The number of nitrogens with two attached hydrogens (primary N) is 1. The number of nitrogens with one attached hydrogen (secondary N) is 1. The second-order valence-corrected chi connectivity index (χ2v) is 5.38. The maximum Gasteiger partial charge on any atom is 0.180 e. The Bertz CT molecular complexity index is 797. The molecule has 3 heterocycles. The van der Waals surface area contributed by atoms with Gasteiger partial charge in [0.15, 0.2) is 10.8 Å². The molecule has 20 heavy (non-hydrogen) atoms. The predicted molar refractivity (Wildman–Crippen MR) is 83.6 cm³/mol. The summed E-state index contributed by atoms with van der Waals surface area (Å²) < 4.78 is 0. The lowest BCUT2D eigenvalue weighted by Crippen LogP contribution is -2.19. The molecule has 0 unspecified atom stereocenters. The van der Waals surface area contributed by atoms with E-state index in [0.29, 0.717) is 22.7 Å². The molecule has 0 aliphatic carbocycles. The maximum atomic E-state index is 5.43. The van der Waals surface area contributed by atoms with Crippen molar-refractivity contribution in [3.05, 3.63) is 29.4 Å². The van der Waals surface area contributed by atoms with E-state index >= 15 is 0 Å². The Hall–Kier alpha value is -2.19. The quantitative estimate of drug-likeness (QED) is 0.701. The van der Waals surface area contributed by atoms with Crippen LogP contribution in [-0.4, -0.2) is 25.0 Å². The molecule has 0 aromatic carbocycles. The smallest absolute Gasteiger partial charge is 0.180 e. The highest BCUT2D eigenvalue weighted by atomic mass is 32.1. The van der Waals surface area contributed by atoms with Gasteiger partial charge in [-0.05, 0) is 31.3 Å². The van der Waals surface area contributed by atoms with Gasteiger partial charge in [0.1, 0.15) is 22.0 Å². The summed E-state index contributed by atoms with van der Waals surface area (Å²) in [7, 11) is 0. The van der Waals surface area contributed by atoms with Gasteiger partial charge < -0.3 is 11.1 Å². The van der Waals surface area contributed by atoms with E-state index in [0.717, 1.165) is 10.7 Å². The fourth-order valence-electron chi connectivity index (χ4n) is 1.67. The summed E-state index contributed by atoms with van der Waals surface area (Å²) >= 11 is 6.32. The van der Waals surface area contributed by atoms with Crippen molar-refractivity contribution in [2.45, 2.75) is 6.92 Å². The minimum absolute atomic E-state index is 0.163. The molecule has 0 aliphatic heterocycles. The van der Waals surface area contributed by atoms with E-state index in [1.54, 1.807) is 12.3 Å². The number of fused-ring (bicyclic) bond motifs is 1. The molecule has 3 N–H and O–H groups in total. The standard InChI is InChI=1S/C12H10N6S2/c1-6-5-20-11(15-6)8-4-14-7-2-3-9(18-12(13)19)17-10(7)16-8/h2-5H,1H3,(H3,13,16,17,18,19). The SMILES string of the molecule is Cc1csc(-c2cnc3ccc(NC(N)=S)nc3n2)n1. The van der Waals surface area contributed by atoms with E-state index < -0.39 is 0 Å². The lowest BCUT2D eigenvalue weighted by molar-refractivity contribution is 1.20. The Balaban J connectivity index is 2.06. The van der Waals surface area contributed by atoms with Crippen LogP contribution in [0.25, 0.3) is 21.9 Å². The minimum atomic E-state index is 0.163. The summed E-state index contributed by atoms with van der Waals surface area (Å²) in [6, 6.07) is 3.57. The van der Waals surface area contributed by atoms with Crippen molar-refractivity contribution in [3.63, 3.8) is 0 Å². The molecule has 0 fully saturated rings.